The predicted octanol–water partition coefficient (Wildman–Crippen LogP) is 3.59. The second kappa shape index (κ2) is 6.21. The van der Waals surface area contributed by atoms with Gasteiger partial charge in [-0.15, -0.1) is 0 Å². The van der Waals surface area contributed by atoms with Crippen molar-refractivity contribution in [3.05, 3.63) is 71.3 Å². The minimum absolute atomic E-state index is 0.0418. The summed E-state index contributed by atoms with van der Waals surface area (Å²) >= 11 is 0. The van der Waals surface area contributed by atoms with E-state index in [-0.39, 0.29) is 24.0 Å². The quantitative estimate of drug-likeness (QED) is 0.812. The van der Waals surface area contributed by atoms with Crippen LogP contribution in [0.2, 0.25) is 0 Å². The largest absolute Gasteiger partial charge is 0.368 e. The van der Waals surface area contributed by atoms with Gasteiger partial charge in [-0.1, -0.05) is 42.5 Å². The van der Waals surface area contributed by atoms with Crippen LogP contribution in [0.25, 0.3) is 0 Å². The number of fused-ring (bicyclic) bond motifs is 1. The van der Waals surface area contributed by atoms with Crippen molar-refractivity contribution >= 4 is 11.8 Å². The highest BCUT2D eigenvalue weighted by Crippen LogP contribution is 2.32. The summed E-state index contributed by atoms with van der Waals surface area (Å²) in [5.74, 6) is -0.415. The van der Waals surface area contributed by atoms with E-state index in [1.54, 1.807) is 24.3 Å². The Morgan fingerprint density at radius 2 is 1.50 bits per heavy atom. The van der Waals surface area contributed by atoms with Gasteiger partial charge < -0.3 is 4.74 Å². The molecule has 0 radical (unpaired) electrons. The average Bonchev–Trinajstić information content (AvgIpc) is 2.88. The van der Waals surface area contributed by atoms with E-state index in [1.807, 2.05) is 18.2 Å². The summed E-state index contributed by atoms with van der Waals surface area (Å²) in [6, 6.07) is 17.1. The van der Waals surface area contributed by atoms with Gasteiger partial charge in [0.1, 0.15) is 0 Å². The Balaban J connectivity index is 1.48. The van der Waals surface area contributed by atoms with Gasteiger partial charge in [0.2, 0.25) is 0 Å². The van der Waals surface area contributed by atoms with Crippen LogP contribution in [0.5, 0.6) is 0 Å². The second-order valence-electron chi connectivity index (χ2n) is 6.35. The minimum atomic E-state index is -0.207. The zero-order chi connectivity index (χ0) is 16.5. The smallest absolute Gasteiger partial charge is 0.261 e. The molecule has 0 aromatic heterocycles. The fraction of sp³-hybridized carbons (Fsp3) is 0.300. The number of imide groups is 1. The third-order valence-corrected chi connectivity index (χ3v) is 4.78. The van der Waals surface area contributed by atoms with Gasteiger partial charge in [-0.3, -0.25) is 14.5 Å². The van der Waals surface area contributed by atoms with E-state index in [2.05, 4.69) is 12.1 Å². The topological polar surface area (TPSA) is 46.6 Å². The molecule has 2 aromatic rings. The molecule has 1 saturated heterocycles. The van der Waals surface area contributed by atoms with Crippen LogP contribution in [0.15, 0.2) is 54.6 Å². The normalized spacial score (nSPS) is 23.4. The maximum absolute atomic E-state index is 12.5. The number of carbonyl (C=O) groups is 2. The van der Waals surface area contributed by atoms with Crippen LogP contribution in [0.4, 0.5) is 0 Å². The lowest BCUT2D eigenvalue weighted by Gasteiger charge is -2.32. The molecule has 4 rings (SSSR count). The Bertz CT molecular complexity index is 736. The van der Waals surface area contributed by atoms with Crippen molar-refractivity contribution in [3.63, 3.8) is 0 Å². The predicted molar refractivity (Wildman–Crippen MR) is 89.7 cm³/mol. The lowest BCUT2D eigenvalue weighted by molar-refractivity contribution is -0.0587. The molecule has 2 unspecified atom stereocenters. The third kappa shape index (κ3) is 2.63. The molecule has 2 aliphatic heterocycles. The maximum Gasteiger partial charge on any atom is 0.261 e. The number of hydrogen-bond donors (Lipinski definition) is 0. The van der Waals surface area contributed by atoms with Crippen molar-refractivity contribution in [1.82, 2.24) is 4.90 Å². The first kappa shape index (κ1) is 15.1. The SMILES string of the molecule is O=C1c2ccccc2C(=O)N1CC1CCCC(c2ccccc2)O1. The van der Waals surface area contributed by atoms with Crippen LogP contribution in [0.1, 0.15) is 51.6 Å². The van der Waals surface area contributed by atoms with Gasteiger partial charge in [0.25, 0.3) is 11.8 Å². The summed E-state index contributed by atoms with van der Waals surface area (Å²) in [5, 5.41) is 0. The van der Waals surface area contributed by atoms with Gasteiger partial charge in [-0.05, 0) is 37.0 Å². The summed E-state index contributed by atoms with van der Waals surface area (Å²) < 4.78 is 6.18. The zero-order valence-corrected chi connectivity index (χ0v) is 13.4. The molecular weight excluding hydrogens is 302 g/mol. The van der Waals surface area contributed by atoms with Gasteiger partial charge in [0.05, 0.1) is 29.9 Å². The van der Waals surface area contributed by atoms with Gasteiger partial charge in [0.15, 0.2) is 0 Å². The summed E-state index contributed by atoms with van der Waals surface area (Å²) in [5.41, 5.74) is 2.15. The Morgan fingerprint density at radius 1 is 0.875 bits per heavy atom. The first-order chi connectivity index (χ1) is 11.7. The molecule has 0 spiro atoms. The highest BCUT2D eigenvalue weighted by Gasteiger charge is 2.37. The standard InChI is InChI=1S/C20H19NO3/c22-19-16-10-4-5-11-17(16)20(23)21(19)13-15-9-6-12-18(24-15)14-7-2-1-3-8-14/h1-5,7-8,10-11,15,18H,6,9,12-13H2. The molecule has 2 aromatic carbocycles. The number of benzene rings is 2. The molecule has 0 bridgehead atoms. The molecule has 24 heavy (non-hydrogen) atoms. The molecule has 2 aliphatic rings. The number of rotatable bonds is 3. The number of amides is 2. The van der Waals surface area contributed by atoms with Crippen LogP contribution in [-0.2, 0) is 4.74 Å². The summed E-state index contributed by atoms with van der Waals surface area (Å²) in [6.07, 6.45) is 2.82. The summed E-state index contributed by atoms with van der Waals surface area (Å²) in [4.78, 5) is 26.3. The van der Waals surface area contributed by atoms with Crippen LogP contribution in [0, 0.1) is 0 Å². The zero-order valence-electron chi connectivity index (χ0n) is 13.4. The number of hydrogen-bond acceptors (Lipinski definition) is 3. The van der Waals surface area contributed by atoms with Crippen molar-refractivity contribution in [1.29, 1.82) is 0 Å². The third-order valence-electron chi connectivity index (χ3n) is 4.78. The van der Waals surface area contributed by atoms with Crippen LogP contribution in [0.3, 0.4) is 0 Å². The molecule has 0 saturated carbocycles. The summed E-state index contributed by atoms with van der Waals surface area (Å²) in [7, 11) is 0. The lowest BCUT2D eigenvalue weighted by Crippen LogP contribution is -2.39. The second-order valence-corrected chi connectivity index (χ2v) is 6.35. The average molecular weight is 321 g/mol. The first-order valence-electron chi connectivity index (χ1n) is 8.39. The molecule has 2 atom stereocenters. The van der Waals surface area contributed by atoms with Crippen molar-refractivity contribution in [3.8, 4) is 0 Å². The van der Waals surface area contributed by atoms with E-state index < -0.39 is 0 Å². The van der Waals surface area contributed by atoms with Crippen LogP contribution in [-0.4, -0.2) is 29.4 Å². The van der Waals surface area contributed by atoms with Gasteiger partial charge in [-0.2, -0.15) is 0 Å². The van der Waals surface area contributed by atoms with E-state index in [1.165, 1.54) is 4.90 Å². The van der Waals surface area contributed by atoms with Crippen molar-refractivity contribution in [2.45, 2.75) is 31.5 Å². The van der Waals surface area contributed by atoms with E-state index >= 15 is 0 Å². The van der Waals surface area contributed by atoms with Crippen LogP contribution < -0.4 is 0 Å². The summed E-state index contributed by atoms with van der Waals surface area (Å²) in [6.45, 7) is 0.329. The Kier molecular flexibility index (Phi) is 3.90. The van der Waals surface area contributed by atoms with E-state index in [0.29, 0.717) is 17.7 Å². The van der Waals surface area contributed by atoms with Gasteiger partial charge >= 0.3 is 0 Å². The lowest BCUT2D eigenvalue weighted by atomic mass is 9.98. The fourth-order valence-corrected chi connectivity index (χ4v) is 3.56. The number of nitrogens with zero attached hydrogens (tertiary/aromatic N) is 1. The van der Waals surface area contributed by atoms with Crippen molar-refractivity contribution < 1.29 is 14.3 Å². The monoisotopic (exact) mass is 321 g/mol. The molecule has 4 nitrogen and oxygen atoms in total. The first-order valence-corrected chi connectivity index (χ1v) is 8.39. The molecular formula is C20H19NO3. The number of ether oxygens (including phenoxy) is 1. The number of carbonyl (C=O) groups excluding carboxylic acids is 2. The highest BCUT2D eigenvalue weighted by molar-refractivity contribution is 6.21. The molecule has 0 N–H and O–H groups in total. The minimum Gasteiger partial charge on any atom is -0.368 e. The van der Waals surface area contributed by atoms with E-state index in [4.69, 9.17) is 4.74 Å². The Hall–Kier alpha value is -2.46. The molecule has 4 heteroatoms. The fourth-order valence-electron chi connectivity index (χ4n) is 3.56. The van der Waals surface area contributed by atoms with Crippen LogP contribution >= 0.6 is 0 Å². The van der Waals surface area contributed by atoms with Gasteiger partial charge in [-0.25, -0.2) is 0 Å². The molecule has 2 heterocycles. The highest BCUT2D eigenvalue weighted by atomic mass is 16.5. The van der Waals surface area contributed by atoms with E-state index in [0.717, 1.165) is 24.8 Å². The van der Waals surface area contributed by atoms with E-state index in [9.17, 15) is 9.59 Å². The molecule has 0 aliphatic carbocycles. The van der Waals surface area contributed by atoms with Crippen molar-refractivity contribution in [2.24, 2.45) is 0 Å². The molecule has 122 valence electrons. The maximum atomic E-state index is 12.5. The molecule has 1 fully saturated rings. The Labute approximate surface area is 141 Å². The molecule has 2 amide bonds. The Morgan fingerprint density at radius 3 is 2.17 bits per heavy atom. The van der Waals surface area contributed by atoms with Crippen molar-refractivity contribution in [2.75, 3.05) is 6.54 Å². The van der Waals surface area contributed by atoms with Gasteiger partial charge in [0, 0.05) is 0 Å².